The zero-order valence-corrected chi connectivity index (χ0v) is 18.8. The molecule has 0 aliphatic rings. The molecule has 6 heteroatoms. The highest BCUT2D eigenvalue weighted by Crippen LogP contribution is 2.24. The average Bonchev–Trinajstić information content (AvgIpc) is 3.44. The third-order valence-electron chi connectivity index (χ3n) is 5.60. The minimum absolute atomic E-state index is 0.247. The number of benzene rings is 2. The van der Waals surface area contributed by atoms with Gasteiger partial charge in [0, 0.05) is 6.54 Å². The van der Waals surface area contributed by atoms with Crippen LogP contribution in [-0.2, 0) is 6.54 Å². The van der Waals surface area contributed by atoms with Crippen LogP contribution >= 0.6 is 0 Å². The van der Waals surface area contributed by atoms with Gasteiger partial charge in [0.1, 0.15) is 11.6 Å². The Hall–Kier alpha value is -3.54. The first-order chi connectivity index (χ1) is 15.5. The van der Waals surface area contributed by atoms with Crippen molar-refractivity contribution in [3.63, 3.8) is 0 Å². The Bertz CT molecular complexity index is 1170. The number of furan rings is 1. The largest absolute Gasteiger partial charge is 0.493 e. The Morgan fingerprint density at radius 2 is 1.84 bits per heavy atom. The fraction of sp³-hybridized carbons (Fsp3) is 0.308. The molecular formula is C26H29N3O3. The normalized spacial score (nSPS) is 12.1. The van der Waals surface area contributed by atoms with Crippen molar-refractivity contribution >= 4 is 16.9 Å². The molecule has 166 valence electrons. The van der Waals surface area contributed by atoms with Gasteiger partial charge in [0.05, 0.1) is 29.9 Å². The molecule has 4 aromatic rings. The van der Waals surface area contributed by atoms with Gasteiger partial charge in [-0.1, -0.05) is 30.3 Å². The van der Waals surface area contributed by atoms with Crippen LogP contribution in [-0.4, -0.2) is 22.1 Å². The minimum atomic E-state index is -0.258. The van der Waals surface area contributed by atoms with Crippen molar-refractivity contribution in [2.45, 2.75) is 46.2 Å². The van der Waals surface area contributed by atoms with Crippen LogP contribution in [0.2, 0.25) is 0 Å². The predicted octanol–water partition coefficient (Wildman–Crippen LogP) is 5.60. The summed E-state index contributed by atoms with van der Waals surface area (Å²) in [6.45, 7) is 7.56. The van der Waals surface area contributed by atoms with E-state index >= 15 is 0 Å². The van der Waals surface area contributed by atoms with Crippen molar-refractivity contribution in [1.29, 1.82) is 0 Å². The van der Waals surface area contributed by atoms with Crippen molar-refractivity contribution in [1.82, 2.24) is 14.9 Å². The zero-order valence-electron chi connectivity index (χ0n) is 18.8. The van der Waals surface area contributed by atoms with Gasteiger partial charge in [0.15, 0.2) is 5.76 Å². The van der Waals surface area contributed by atoms with Crippen LogP contribution in [0.4, 0.5) is 0 Å². The topological polar surface area (TPSA) is 69.3 Å². The van der Waals surface area contributed by atoms with Gasteiger partial charge in [-0.25, -0.2) is 4.98 Å². The predicted molar refractivity (Wildman–Crippen MR) is 125 cm³/mol. The summed E-state index contributed by atoms with van der Waals surface area (Å²) in [5.41, 5.74) is 4.31. The van der Waals surface area contributed by atoms with Crippen LogP contribution in [0.5, 0.6) is 5.75 Å². The van der Waals surface area contributed by atoms with E-state index in [9.17, 15) is 4.79 Å². The number of unbranched alkanes of at least 4 members (excludes halogenated alkanes) is 1. The number of aryl methyl sites for hydroxylation is 3. The van der Waals surface area contributed by atoms with Gasteiger partial charge < -0.3 is 19.0 Å². The second kappa shape index (κ2) is 9.73. The Morgan fingerprint density at radius 1 is 1.06 bits per heavy atom. The molecule has 0 unspecified atom stereocenters. The lowest BCUT2D eigenvalue weighted by molar-refractivity contribution is 0.0909. The fourth-order valence-electron chi connectivity index (χ4n) is 3.97. The van der Waals surface area contributed by atoms with Gasteiger partial charge in [-0.15, -0.1) is 0 Å². The lowest BCUT2D eigenvalue weighted by atomic mass is 10.1. The first kappa shape index (κ1) is 21.7. The van der Waals surface area contributed by atoms with Crippen LogP contribution < -0.4 is 10.1 Å². The summed E-state index contributed by atoms with van der Waals surface area (Å²) in [5, 5.41) is 2.99. The first-order valence-electron chi connectivity index (χ1n) is 11.0. The number of ether oxygens (including phenoxy) is 1. The van der Waals surface area contributed by atoms with Crippen LogP contribution in [0, 0.1) is 13.8 Å². The molecule has 0 bridgehead atoms. The second-order valence-electron chi connectivity index (χ2n) is 8.06. The number of nitrogens with one attached hydrogen (secondary N) is 1. The summed E-state index contributed by atoms with van der Waals surface area (Å²) in [7, 11) is 0. The number of aromatic nitrogens is 2. The molecule has 2 heterocycles. The number of imidazole rings is 1. The summed E-state index contributed by atoms with van der Waals surface area (Å²) < 4.78 is 13.5. The Labute approximate surface area is 188 Å². The summed E-state index contributed by atoms with van der Waals surface area (Å²) in [4.78, 5) is 17.2. The highest BCUT2D eigenvalue weighted by Gasteiger charge is 2.20. The zero-order chi connectivity index (χ0) is 22.5. The number of fused-ring (bicyclic) bond motifs is 1. The van der Waals surface area contributed by atoms with Crippen molar-refractivity contribution < 1.29 is 13.9 Å². The summed E-state index contributed by atoms with van der Waals surface area (Å²) in [5.74, 6) is 1.86. The monoisotopic (exact) mass is 431 g/mol. The van der Waals surface area contributed by atoms with Gasteiger partial charge in [0.25, 0.3) is 5.91 Å². The van der Waals surface area contributed by atoms with E-state index < -0.39 is 0 Å². The molecule has 0 fully saturated rings. The van der Waals surface area contributed by atoms with Crippen LogP contribution in [0.1, 0.15) is 53.3 Å². The third kappa shape index (κ3) is 4.69. The highest BCUT2D eigenvalue weighted by molar-refractivity contribution is 5.91. The van der Waals surface area contributed by atoms with E-state index in [4.69, 9.17) is 14.1 Å². The maximum atomic E-state index is 12.4. The van der Waals surface area contributed by atoms with Crippen molar-refractivity contribution in [3.05, 3.63) is 83.6 Å². The van der Waals surface area contributed by atoms with E-state index in [1.54, 1.807) is 12.1 Å². The van der Waals surface area contributed by atoms with E-state index in [1.807, 2.05) is 25.1 Å². The van der Waals surface area contributed by atoms with Crippen LogP contribution in [0.15, 0.2) is 65.3 Å². The number of carbonyl (C=O) groups is 1. The van der Waals surface area contributed by atoms with Crippen molar-refractivity contribution in [2.75, 3.05) is 6.61 Å². The van der Waals surface area contributed by atoms with Gasteiger partial charge in [-0.05, 0) is 69.0 Å². The molecule has 2 aromatic carbocycles. The number of amides is 1. The lowest BCUT2D eigenvalue weighted by Crippen LogP contribution is -2.28. The van der Waals surface area contributed by atoms with E-state index in [0.717, 1.165) is 53.1 Å². The van der Waals surface area contributed by atoms with Crippen molar-refractivity contribution in [2.24, 2.45) is 0 Å². The lowest BCUT2D eigenvalue weighted by Gasteiger charge is -2.16. The van der Waals surface area contributed by atoms with Gasteiger partial charge in [-0.3, -0.25) is 4.79 Å². The maximum absolute atomic E-state index is 12.4. The Morgan fingerprint density at radius 3 is 2.59 bits per heavy atom. The standard InChI is InChI=1S/C26H29N3O3/c1-18-10-8-11-19(2)24(18)32-16-7-6-15-29-22-13-5-4-12-21(22)28-25(29)20(3)27-26(30)23-14-9-17-31-23/h4-5,8-14,17,20H,6-7,15-16H2,1-3H3,(H,27,30)/t20-/m1/s1. The van der Waals surface area contributed by atoms with E-state index in [2.05, 4.69) is 48.0 Å². The van der Waals surface area contributed by atoms with Crippen LogP contribution in [0.25, 0.3) is 11.0 Å². The summed E-state index contributed by atoms with van der Waals surface area (Å²) in [6, 6.07) is 17.4. The Kier molecular flexibility index (Phi) is 6.59. The molecule has 1 amide bonds. The van der Waals surface area contributed by atoms with Gasteiger partial charge in [-0.2, -0.15) is 0 Å². The second-order valence-corrected chi connectivity index (χ2v) is 8.06. The quantitative estimate of drug-likeness (QED) is 0.350. The molecule has 0 aliphatic carbocycles. The molecule has 0 saturated carbocycles. The molecule has 0 saturated heterocycles. The third-order valence-corrected chi connectivity index (χ3v) is 5.60. The molecule has 2 aromatic heterocycles. The minimum Gasteiger partial charge on any atom is -0.493 e. The number of carbonyl (C=O) groups excluding carboxylic acids is 1. The van der Waals surface area contributed by atoms with Gasteiger partial charge in [0.2, 0.25) is 0 Å². The average molecular weight is 432 g/mol. The van der Waals surface area contributed by atoms with Crippen LogP contribution in [0.3, 0.4) is 0 Å². The SMILES string of the molecule is Cc1cccc(C)c1OCCCCn1c([C@@H](C)NC(=O)c2ccco2)nc2ccccc21. The van der Waals surface area contributed by atoms with Gasteiger partial charge >= 0.3 is 0 Å². The number of para-hydroxylation sites is 3. The molecule has 0 radical (unpaired) electrons. The van der Waals surface area contributed by atoms with Crippen molar-refractivity contribution in [3.8, 4) is 5.75 Å². The number of hydrogen-bond acceptors (Lipinski definition) is 4. The van der Waals surface area contributed by atoms with E-state index in [0.29, 0.717) is 12.4 Å². The smallest absolute Gasteiger partial charge is 0.287 e. The Balaban J connectivity index is 1.43. The molecule has 1 atom stereocenters. The van der Waals surface area contributed by atoms with E-state index in [-0.39, 0.29) is 11.9 Å². The number of nitrogens with zero attached hydrogens (tertiary/aromatic N) is 2. The van der Waals surface area contributed by atoms with E-state index in [1.165, 1.54) is 6.26 Å². The number of rotatable bonds is 9. The molecule has 32 heavy (non-hydrogen) atoms. The molecule has 4 rings (SSSR count). The molecule has 6 nitrogen and oxygen atoms in total. The fourth-order valence-corrected chi connectivity index (χ4v) is 3.97. The summed E-state index contributed by atoms with van der Waals surface area (Å²) >= 11 is 0. The molecule has 1 N–H and O–H groups in total. The first-order valence-corrected chi connectivity index (χ1v) is 11.0. The maximum Gasteiger partial charge on any atom is 0.287 e. The molecular weight excluding hydrogens is 402 g/mol. The summed E-state index contributed by atoms with van der Waals surface area (Å²) in [6.07, 6.45) is 3.36. The molecule has 0 spiro atoms. The molecule has 0 aliphatic heterocycles. The highest BCUT2D eigenvalue weighted by atomic mass is 16.5. The number of hydrogen-bond donors (Lipinski definition) is 1.